The van der Waals surface area contributed by atoms with E-state index < -0.39 is 139 Å². The monoisotopic (exact) mass is 1090 g/mol. The maximum absolute atomic E-state index is 14.0. The van der Waals surface area contributed by atoms with Crippen molar-refractivity contribution in [2.75, 3.05) is 26.2 Å². The standard InChI is InChI=1S/C53H82N12O13/c1-7-32(6)45(52(76)60-35(20-14-15-21-54)47(71)63-40(53(77)78)25-34-18-12-9-13-19-34)65-50(74)39(26-42(56)67)62-51(75)41(29-66)64-48(72)37(23-31(4)5)59-44(69)28-57-46(70)36(22-30(2)3)61-49(73)38(58-43(68)27-55)24-33-16-10-8-11-17-33/h8-13,16-19,30-32,35-41,45,66H,7,14-15,20-29,54-55H2,1-6H3,(H2,56,67)(H,57,70)(H,58,68)(H,59,69)(H,60,76)(H,61,73)(H,62,75)(H,63,71)(H,64,72)(H,65,74)(H,77,78)/t32-,35-,36-,37-,38-,39-,40-,41-,45-/m0/s1. The second-order valence-electron chi connectivity index (χ2n) is 20.0. The van der Waals surface area contributed by atoms with E-state index in [0.29, 0.717) is 24.8 Å². The third-order valence-electron chi connectivity index (χ3n) is 12.4. The van der Waals surface area contributed by atoms with Crippen LogP contribution in [0.5, 0.6) is 0 Å². The molecule has 0 spiro atoms. The number of benzene rings is 2. The number of unbranched alkanes of at least 4 members (excludes halogenated alkanes) is 1. The molecule has 2 rings (SSSR count). The van der Waals surface area contributed by atoms with E-state index in [-0.39, 0.29) is 57.0 Å². The van der Waals surface area contributed by atoms with Gasteiger partial charge in [0.05, 0.1) is 26.1 Å². The highest BCUT2D eigenvalue weighted by molar-refractivity contribution is 5.99. The lowest BCUT2D eigenvalue weighted by atomic mass is 9.96. The maximum atomic E-state index is 14.0. The average molecular weight is 1100 g/mol. The smallest absolute Gasteiger partial charge is 0.326 e. The number of carboxylic acids is 1. The van der Waals surface area contributed by atoms with Crippen molar-refractivity contribution >= 4 is 65.0 Å². The molecule has 2 aromatic rings. The van der Waals surface area contributed by atoms with E-state index in [1.165, 1.54) is 0 Å². The van der Waals surface area contributed by atoms with Gasteiger partial charge in [-0.2, -0.15) is 0 Å². The number of rotatable bonds is 36. The van der Waals surface area contributed by atoms with Crippen molar-refractivity contribution in [2.24, 2.45) is 35.0 Å². The van der Waals surface area contributed by atoms with Crippen LogP contribution in [0.4, 0.5) is 0 Å². The summed E-state index contributed by atoms with van der Waals surface area (Å²) in [5.41, 5.74) is 18.0. The highest BCUT2D eigenvalue weighted by atomic mass is 16.4. The molecule has 0 heterocycles. The molecule has 9 atom stereocenters. The molecule has 10 amide bonds. The van der Waals surface area contributed by atoms with Gasteiger partial charge < -0.3 is 75.3 Å². The van der Waals surface area contributed by atoms with E-state index in [4.69, 9.17) is 17.2 Å². The minimum atomic E-state index is -1.77. The topological polar surface area (TPSA) is 415 Å². The first-order valence-corrected chi connectivity index (χ1v) is 26.2. The summed E-state index contributed by atoms with van der Waals surface area (Å²) < 4.78 is 0. The second kappa shape index (κ2) is 35.0. The Labute approximate surface area is 455 Å². The van der Waals surface area contributed by atoms with Gasteiger partial charge in [0.1, 0.15) is 48.3 Å². The lowest BCUT2D eigenvalue weighted by Gasteiger charge is -2.29. The van der Waals surface area contributed by atoms with Crippen LogP contribution in [0, 0.1) is 17.8 Å². The third kappa shape index (κ3) is 24.7. The number of nitrogens with one attached hydrogen (secondary N) is 9. The third-order valence-corrected chi connectivity index (χ3v) is 12.4. The van der Waals surface area contributed by atoms with Gasteiger partial charge >= 0.3 is 5.97 Å². The summed E-state index contributed by atoms with van der Waals surface area (Å²) in [6.45, 7) is 8.63. The number of carbonyl (C=O) groups excluding carboxylic acids is 10. The molecule has 0 saturated heterocycles. The summed E-state index contributed by atoms with van der Waals surface area (Å²) in [6, 6.07) is 6.31. The Morgan fingerprint density at radius 2 is 0.962 bits per heavy atom. The molecule has 0 fully saturated rings. The molecule has 0 aliphatic carbocycles. The predicted molar refractivity (Wildman–Crippen MR) is 288 cm³/mol. The zero-order chi connectivity index (χ0) is 58.5. The van der Waals surface area contributed by atoms with Crippen LogP contribution in [-0.2, 0) is 65.6 Å². The number of carboxylic acid groups (broad SMARTS) is 1. The van der Waals surface area contributed by atoms with Crippen LogP contribution < -0.4 is 65.1 Å². The van der Waals surface area contributed by atoms with E-state index in [1.807, 2.05) is 13.8 Å². The number of amides is 10. The van der Waals surface area contributed by atoms with Crippen LogP contribution in [0.1, 0.15) is 97.6 Å². The molecule has 0 unspecified atom stereocenters. The van der Waals surface area contributed by atoms with Crippen molar-refractivity contribution in [2.45, 2.75) is 148 Å². The Morgan fingerprint density at radius 1 is 0.513 bits per heavy atom. The number of nitrogens with two attached hydrogens (primary N) is 3. The van der Waals surface area contributed by atoms with Gasteiger partial charge in [0.15, 0.2) is 0 Å². The zero-order valence-electron chi connectivity index (χ0n) is 45.4. The van der Waals surface area contributed by atoms with Gasteiger partial charge in [-0.1, -0.05) is 109 Å². The minimum Gasteiger partial charge on any atom is -0.480 e. The minimum absolute atomic E-state index is 0.00375. The molecule has 25 nitrogen and oxygen atoms in total. The molecule has 0 aromatic heterocycles. The molecule has 2 aromatic carbocycles. The summed E-state index contributed by atoms with van der Waals surface area (Å²) in [7, 11) is 0. The van der Waals surface area contributed by atoms with Crippen LogP contribution in [0.25, 0.3) is 0 Å². The molecular weight excluding hydrogens is 1010 g/mol. The largest absolute Gasteiger partial charge is 0.480 e. The van der Waals surface area contributed by atoms with E-state index in [9.17, 15) is 63.0 Å². The van der Waals surface area contributed by atoms with E-state index >= 15 is 0 Å². The van der Waals surface area contributed by atoms with Crippen LogP contribution in [0.2, 0.25) is 0 Å². The number of carbonyl (C=O) groups is 11. The fraction of sp³-hybridized carbons (Fsp3) is 0.566. The van der Waals surface area contributed by atoms with E-state index in [1.54, 1.807) is 88.4 Å². The molecule has 0 saturated carbocycles. The van der Waals surface area contributed by atoms with Gasteiger partial charge in [0.2, 0.25) is 59.1 Å². The SMILES string of the molecule is CC[C@H](C)[C@H](NC(=O)[C@H](CC(N)=O)NC(=O)[C@H](CO)NC(=O)[C@H](CC(C)C)NC(=O)CNC(=O)[C@H](CC(C)C)NC(=O)[C@H](Cc1ccccc1)NC(=O)CN)C(=O)N[C@@H](CCCCN)C(=O)N[C@@H](Cc1ccccc1)C(=O)O. The molecular formula is C53H82N12O13. The van der Waals surface area contributed by atoms with Gasteiger partial charge in [-0.15, -0.1) is 0 Å². The van der Waals surface area contributed by atoms with Gasteiger partial charge in [-0.05, 0) is 67.5 Å². The van der Waals surface area contributed by atoms with Gasteiger partial charge in [-0.25, -0.2) is 4.79 Å². The van der Waals surface area contributed by atoms with E-state index in [2.05, 4.69) is 47.9 Å². The Hall–Kier alpha value is -7.51. The first kappa shape index (κ1) is 66.6. The molecule has 0 aliphatic rings. The Morgan fingerprint density at radius 3 is 1.46 bits per heavy atom. The van der Waals surface area contributed by atoms with Crippen molar-refractivity contribution in [3.05, 3.63) is 71.8 Å². The predicted octanol–water partition coefficient (Wildman–Crippen LogP) is -2.36. The van der Waals surface area contributed by atoms with Crippen molar-refractivity contribution in [3.63, 3.8) is 0 Å². The summed E-state index contributed by atoms with van der Waals surface area (Å²) in [5.74, 6) is -11.0. The first-order valence-electron chi connectivity index (χ1n) is 26.2. The number of aliphatic hydroxyl groups is 1. The summed E-state index contributed by atoms with van der Waals surface area (Å²) >= 11 is 0. The molecule has 78 heavy (non-hydrogen) atoms. The second-order valence-corrected chi connectivity index (χ2v) is 20.0. The van der Waals surface area contributed by atoms with Crippen molar-refractivity contribution in [1.29, 1.82) is 0 Å². The molecule has 25 heteroatoms. The summed E-state index contributed by atoms with van der Waals surface area (Å²) in [4.78, 5) is 146. The Kier molecular flexibility index (Phi) is 29.9. The average Bonchev–Trinajstić information content (AvgIpc) is 3.39. The lowest BCUT2D eigenvalue weighted by molar-refractivity contribution is -0.142. The van der Waals surface area contributed by atoms with Gasteiger partial charge in [-0.3, -0.25) is 47.9 Å². The maximum Gasteiger partial charge on any atom is 0.326 e. The summed E-state index contributed by atoms with van der Waals surface area (Å²) in [6.07, 6.45) is 0.569. The fourth-order valence-corrected chi connectivity index (χ4v) is 7.98. The Bertz CT molecular complexity index is 2310. The molecule has 17 N–H and O–H groups in total. The van der Waals surface area contributed by atoms with Crippen LogP contribution in [0.3, 0.4) is 0 Å². The number of aliphatic hydroxyl groups excluding tert-OH is 1. The van der Waals surface area contributed by atoms with Crippen LogP contribution in [0.15, 0.2) is 60.7 Å². The highest BCUT2D eigenvalue weighted by Crippen LogP contribution is 2.13. The number of hydrogen-bond donors (Lipinski definition) is 14. The normalized spacial score (nSPS) is 14.6. The van der Waals surface area contributed by atoms with Crippen molar-refractivity contribution < 1.29 is 63.0 Å². The Balaban J connectivity index is 2.23. The highest BCUT2D eigenvalue weighted by Gasteiger charge is 2.36. The van der Waals surface area contributed by atoms with Gasteiger partial charge in [0.25, 0.3) is 0 Å². The fourth-order valence-electron chi connectivity index (χ4n) is 7.98. The number of primary amides is 1. The first-order chi connectivity index (χ1) is 36.9. The molecule has 432 valence electrons. The molecule has 0 aliphatic heterocycles. The van der Waals surface area contributed by atoms with Gasteiger partial charge in [0, 0.05) is 12.8 Å². The van der Waals surface area contributed by atoms with Crippen molar-refractivity contribution in [3.8, 4) is 0 Å². The molecule has 0 bridgehead atoms. The van der Waals surface area contributed by atoms with Crippen LogP contribution >= 0.6 is 0 Å². The number of hydrogen-bond acceptors (Lipinski definition) is 14. The van der Waals surface area contributed by atoms with E-state index in [0.717, 1.165) is 5.56 Å². The quantitative estimate of drug-likeness (QED) is 0.0318. The summed E-state index contributed by atoms with van der Waals surface area (Å²) in [5, 5.41) is 42.7. The lowest BCUT2D eigenvalue weighted by Crippen LogP contribution is -2.61. The number of aliphatic carboxylic acids is 1. The molecule has 0 radical (unpaired) electrons. The zero-order valence-corrected chi connectivity index (χ0v) is 45.4. The van der Waals surface area contributed by atoms with Crippen molar-refractivity contribution in [1.82, 2.24) is 47.9 Å². The van der Waals surface area contributed by atoms with Crippen LogP contribution in [-0.4, -0.2) is 150 Å².